The van der Waals surface area contributed by atoms with Crippen LogP contribution in [0.25, 0.3) is 0 Å². The maximum atomic E-state index is 7.53. The first-order valence-corrected chi connectivity index (χ1v) is 2.72. The van der Waals surface area contributed by atoms with Gasteiger partial charge in [-0.1, -0.05) is 0 Å². The first-order chi connectivity index (χ1) is 5.27. The highest BCUT2D eigenvalue weighted by molar-refractivity contribution is 4.66. The Kier molecular flexibility index (Phi) is 0.822. The van der Waals surface area contributed by atoms with Gasteiger partial charge in [0.15, 0.2) is 0 Å². The van der Waals surface area contributed by atoms with Crippen molar-refractivity contribution in [2.45, 2.75) is 26.0 Å². The van der Waals surface area contributed by atoms with E-state index in [1.807, 2.05) is 0 Å². The van der Waals surface area contributed by atoms with Crippen LogP contribution in [0.5, 0.6) is 0 Å². The Labute approximate surface area is 55.9 Å². The van der Waals surface area contributed by atoms with Gasteiger partial charge < -0.3 is 10.0 Å². The standard InChI is InChI=1S/C6H13NO/c1-5-3-7-4-6(2)8-5/h5-7H,3-4H2,1-2H3/i3D2,5D/hD. The van der Waals surface area contributed by atoms with Crippen LogP contribution in [0.3, 0.4) is 0 Å². The van der Waals surface area contributed by atoms with E-state index in [9.17, 15) is 0 Å². The SMILES string of the molecule is [2H]N1CC(C)OC([2H])(C)C1([2H])[2H]. The van der Waals surface area contributed by atoms with Crippen molar-refractivity contribution in [2.24, 2.45) is 0 Å². The molecule has 0 radical (unpaired) electrons. The molecule has 1 aliphatic heterocycles. The number of hydrogen-bond donors (Lipinski definition) is 1. The third kappa shape index (κ3) is 1.46. The molecule has 2 unspecified atom stereocenters. The quantitative estimate of drug-likeness (QED) is 0.498. The number of nitrogens with one attached hydrogen (secondary N) is 1. The van der Waals surface area contributed by atoms with E-state index in [2.05, 4.69) is 0 Å². The van der Waals surface area contributed by atoms with Gasteiger partial charge in [-0.05, 0) is 13.8 Å². The molecular weight excluding hydrogens is 102 g/mol. The molecule has 1 rings (SSSR count). The third-order valence-electron chi connectivity index (χ3n) is 0.963. The highest BCUT2D eigenvalue weighted by atomic mass is 16.5. The maximum absolute atomic E-state index is 7.53. The number of hydrogen-bond acceptors (Lipinski definition) is 2. The van der Waals surface area contributed by atoms with Gasteiger partial charge in [0.1, 0.15) is 1.41 Å². The molecule has 1 aliphatic rings. The first kappa shape index (κ1) is 2.67. The van der Waals surface area contributed by atoms with Gasteiger partial charge in [-0.2, -0.15) is 0 Å². The van der Waals surface area contributed by atoms with Gasteiger partial charge in [-0.15, -0.1) is 0 Å². The van der Waals surface area contributed by atoms with Crippen molar-refractivity contribution in [3.63, 3.8) is 0 Å². The lowest BCUT2D eigenvalue weighted by Gasteiger charge is -2.25. The smallest absolute Gasteiger partial charge is 0.122 e. The Morgan fingerprint density at radius 3 is 3.38 bits per heavy atom. The van der Waals surface area contributed by atoms with Gasteiger partial charge in [0.05, 0.1) is 13.6 Å². The molecule has 0 saturated carbocycles. The minimum absolute atomic E-state index is 0.196. The average Bonchev–Trinajstić information content (AvgIpc) is 1.82. The lowest BCUT2D eigenvalue weighted by atomic mass is 10.3. The van der Waals surface area contributed by atoms with Crippen molar-refractivity contribution in [3.05, 3.63) is 0 Å². The van der Waals surface area contributed by atoms with Gasteiger partial charge >= 0.3 is 0 Å². The van der Waals surface area contributed by atoms with Crippen molar-refractivity contribution < 1.29 is 10.3 Å². The fraction of sp³-hybridized carbons (Fsp3) is 1.00. The summed E-state index contributed by atoms with van der Waals surface area (Å²) >= 11 is 0. The second-order valence-electron chi connectivity index (χ2n) is 1.94. The Hall–Kier alpha value is -0.0800. The molecule has 0 amide bonds. The van der Waals surface area contributed by atoms with Gasteiger partial charge in [0.2, 0.25) is 0 Å². The average molecular weight is 119 g/mol. The molecule has 8 heavy (non-hydrogen) atoms. The van der Waals surface area contributed by atoms with E-state index in [0.717, 1.165) is 5.31 Å². The van der Waals surface area contributed by atoms with Crippen LogP contribution in [0.4, 0.5) is 0 Å². The summed E-state index contributed by atoms with van der Waals surface area (Å²) in [6.45, 7) is 1.22. The van der Waals surface area contributed by atoms with Crippen LogP contribution in [0.1, 0.15) is 18.0 Å². The number of rotatable bonds is 0. The van der Waals surface area contributed by atoms with Crippen molar-refractivity contribution in [2.75, 3.05) is 13.0 Å². The fourth-order valence-corrected chi connectivity index (χ4v) is 0.651. The Bertz CT molecular complexity index is 184. The monoisotopic (exact) mass is 119 g/mol. The predicted octanol–water partition coefficient (Wildman–Crippen LogP) is 0.383. The molecule has 0 aromatic heterocycles. The van der Waals surface area contributed by atoms with E-state index >= 15 is 0 Å². The van der Waals surface area contributed by atoms with Gasteiger partial charge in [-0.25, -0.2) is 0 Å². The van der Waals surface area contributed by atoms with Crippen LogP contribution >= 0.6 is 0 Å². The van der Waals surface area contributed by atoms with Crippen molar-refractivity contribution in [3.8, 4) is 0 Å². The molecule has 1 heterocycles. The van der Waals surface area contributed by atoms with Crippen LogP contribution in [0.2, 0.25) is 1.41 Å². The number of morpholine rings is 1. The van der Waals surface area contributed by atoms with E-state index in [1.165, 1.54) is 6.92 Å². The highest BCUT2D eigenvalue weighted by Gasteiger charge is 2.12. The lowest BCUT2D eigenvalue weighted by molar-refractivity contribution is -0.0166. The van der Waals surface area contributed by atoms with E-state index in [1.54, 1.807) is 6.92 Å². The molecule has 1 N–H and O–H groups in total. The van der Waals surface area contributed by atoms with Crippen molar-refractivity contribution in [1.29, 1.82) is 0 Å². The molecule has 48 valence electrons. The highest BCUT2D eigenvalue weighted by Crippen LogP contribution is 2.00. The van der Waals surface area contributed by atoms with E-state index in [4.69, 9.17) is 10.3 Å². The lowest BCUT2D eigenvalue weighted by Crippen LogP contribution is -2.41. The fourth-order valence-electron chi connectivity index (χ4n) is 0.651. The first-order valence-electron chi connectivity index (χ1n) is 4.66. The molecule has 0 bridgehead atoms. The minimum Gasteiger partial charge on any atom is -0.373 e. The van der Waals surface area contributed by atoms with E-state index in [0.29, 0.717) is 0 Å². The van der Waals surface area contributed by atoms with Gasteiger partial charge in [-0.3, -0.25) is 0 Å². The molecule has 0 spiro atoms. The molecular formula is C6H13NO. The van der Waals surface area contributed by atoms with Gasteiger partial charge in [0.25, 0.3) is 0 Å². The van der Waals surface area contributed by atoms with Crippen LogP contribution < -0.4 is 5.31 Å². The van der Waals surface area contributed by atoms with E-state index < -0.39 is 12.6 Å². The van der Waals surface area contributed by atoms with Crippen LogP contribution in [0.15, 0.2) is 0 Å². The number of ether oxygens (including phenoxy) is 1. The molecule has 0 aliphatic carbocycles. The summed E-state index contributed by atoms with van der Waals surface area (Å²) in [5.41, 5.74) is 0. The normalized spacial score (nSPS) is 65.0. The van der Waals surface area contributed by atoms with Crippen molar-refractivity contribution in [1.82, 2.24) is 5.31 Å². The second-order valence-corrected chi connectivity index (χ2v) is 1.94. The Morgan fingerprint density at radius 1 is 2.00 bits per heavy atom. The Balaban J connectivity index is 2.86. The van der Waals surface area contributed by atoms with Crippen molar-refractivity contribution >= 4 is 0 Å². The summed E-state index contributed by atoms with van der Waals surface area (Å²) in [7, 11) is 0. The largest absolute Gasteiger partial charge is 0.373 e. The Morgan fingerprint density at radius 2 is 2.75 bits per heavy atom. The summed E-state index contributed by atoms with van der Waals surface area (Å²) in [6, 6.07) is 0. The molecule has 0 aromatic carbocycles. The minimum atomic E-state index is -2.04. The third-order valence-corrected chi connectivity index (χ3v) is 0.963. The predicted molar refractivity (Wildman–Crippen MR) is 32.9 cm³/mol. The molecule has 1 fully saturated rings. The summed E-state index contributed by atoms with van der Waals surface area (Å²) in [5.74, 6) is 0. The second kappa shape index (κ2) is 2.46. The van der Waals surface area contributed by atoms with E-state index in [-0.39, 0.29) is 12.6 Å². The van der Waals surface area contributed by atoms with Crippen LogP contribution in [-0.4, -0.2) is 25.2 Å². The summed E-state index contributed by atoms with van der Waals surface area (Å²) in [6.07, 6.45) is -1.93. The topological polar surface area (TPSA) is 21.3 Å². The zero-order valence-corrected chi connectivity index (χ0v) is 5.14. The summed E-state index contributed by atoms with van der Waals surface area (Å²) in [4.78, 5) is 0. The molecule has 2 atom stereocenters. The zero-order chi connectivity index (χ0) is 9.57. The molecule has 1 saturated heterocycles. The van der Waals surface area contributed by atoms with Crippen LogP contribution in [0, 0.1) is 0 Å². The maximum Gasteiger partial charge on any atom is 0.122 e. The molecule has 2 nitrogen and oxygen atoms in total. The molecule has 2 heteroatoms. The van der Waals surface area contributed by atoms with Gasteiger partial charge in [0, 0.05) is 15.8 Å². The summed E-state index contributed by atoms with van der Waals surface area (Å²) < 4.78 is 34.8. The molecule has 0 aromatic rings. The zero-order valence-electron chi connectivity index (χ0n) is 9.14. The summed E-state index contributed by atoms with van der Waals surface area (Å²) in [5, 5.41) is 0.772. The van der Waals surface area contributed by atoms with Crippen LogP contribution in [-0.2, 0) is 4.74 Å².